The van der Waals surface area contributed by atoms with Gasteiger partial charge in [0.25, 0.3) is 0 Å². The molecule has 0 fully saturated rings. The van der Waals surface area contributed by atoms with Gasteiger partial charge in [0.05, 0.1) is 6.10 Å². The molecule has 25 heavy (non-hydrogen) atoms. The third kappa shape index (κ3) is 6.99. The highest BCUT2D eigenvalue weighted by Crippen LogP contribution is 2.22. The van der Waals surface area contributed by atoms with Crippen LogP contribution in [-0.4, -0.2) is 29.1 Å². The minimum atomic E-state index is -0.614. The lowest BCUT2D eigenvalue weighted by molar-refractivity contribution is -0.144. The standard InChI is InChI=1S/C21H32O4/c1-6-19-14(2)9-7-8-10-18(22)16(4)13-17(5)21(24)15(3)11-12-20(23)25-19/h7-12,14-17,19,21,24H,6,13H2,1-5H3/b9-7+,10-8-,12-11+/t14-,15-,16+,17-,19?,21+/m0/s1. The third-order valence-corrected chi connectivity index (χ3v) is 4.91. The molecule has 140 valence electrons. The number of hydrogen-bond acceptors (Lipinski definition) is 4. The Kier molecular flexibility index (Phi) is 8.84. The Bertz CT molecular complexity index is 532. The van der Waals surface area contributed by atoms with Gasteiger partial charge in [0.1, 0.15) is 6.10 Å². The van der Waals surface area contributed by atoms with Crippen LogP contribution in [0.3, 0.4) is 0 Å². The van der Waals surface area contributed by atoms with Gasteiger partial charge in [0.2, 0.25) is 0 Å². The second kappa shape index (κ2) is 10.3. The van der Waals surface area contributed by atoms with Crippen LogP contribution < -0.4 is 0 Å². The predicted octanol–water partition coefficient (Wildman–Crippen LogP) is 3.85. The molecule has 1 unspecified atom stereocenters. The monoisotopic (exact) mass is 348 g/mol. The van der Waals surface area contributed by atoms with Crippen LogP contribution >= 0.6 is 0 Å². The van der Waals surface area contributed by atoms with Gasteiger partial charge < -0.3 is 9.84 Å². The van der Waals surface area contributed by atoms with Crippen LogP contribution in [0.2, 0.25) is 0 Å². The van der Waals surface area contributed by atoms with E-state index in [2.05, 4.69) is 0 Å². The molecule has 1 heterocycles. The van der Waals surface area contributed by atoms with Gasteiger partial charge in [-0.15, -0.1) is 0 Å². The zero-order valence-electron chi connectivity index (χ0n) is 16.0. The second-order valence-electron chi connectivity index (χ2n) is 7.21. The predicted molar refractivity (Wildman–Crippen MR) is 99.9 cm³/mol. The maximum absolute atomic E-state index is 12.2. The molecule has 0 aromatic rings. The molecular weight excluding hydrogens is 316 g/mol. The average Bonchev–Trinajstić information content (AvgIpc) is 2.58. The van der Waals surface area contributed by atoms with Crippen LogP contribution in [0.25, 0.3) is 0 Å². The number of hydrogen-bond donors (Lipinski definition) is 1. The van der Waals surface area contributed by atoms with Crippen LogP contribution in [0.5, 0.6) is 0 Å². The summed E-state index contributed by atoms with van der Waals surface area (Å²) in [6.07, 6.45) is 10.7. The first-order chi connectivity index (χ1) is 11.8. The summed E-state index contributed by atoms with van der Waals surface area (Å²) >= 11 is 0. The molecule has 1 aliphatic rings. The van der Waals surface area contributed by atoms with Gasteiger partial charge in [0.15, 0.2) is 5.78 Å². The molecule has 1 N–H and O–H groups in total. The number of allylic oxidation sites excluding steroid dienone is 3. The Morgan fingerprint density at radius 1 is 1.04 bits per heavy atom. The highest BCUT2D eigenvalue weighted by Gasteiger charge is 2.24. The van der Waals surface area contributed by atoms with Crippen molar-refractivity contribution in [2.45, 2.75) is 59.7 Å². The molecule has 4 heteroatoms. The maximum atomic E-state index is 12.2. The SMILES string of the molecule is CCC1OC(=O)/C=C/[C@H](C)[C@@H](O)[C@@H](C)C[C@@H](C)C(=O)/C=C\C=C\[C@@H]1C. The number of rotatable bonds is 1. The van der Waals surface area contributed by atoms with E-state index in [1.165, 1.54) is 6.08 Å². The second-order valence-corrected chi connectivity index (χ2v) is 7.21. The summed E-state index contributed by atoms with van der Waals surface area (Å²) in [5.74, 6) is -0.657. The summed E-state index contributed by atoms with van der Waals surface area (Å²) in [5, 5.41) is 10.4. The van der Waals surface area contributed by atoms with E-state index in [1.54, 1.807) is 18.2 Å². The largest absolute Gasteiger partial charge is 0.459 e. The first-order valence-electron chi connectivity index (χ1n) is 9.21. The highest BCUT2D eigenvalue weighted by atomic mass is 16.5. The number of cyclic esters (lactones) is 1. The van der Waals surface area contributed by atoms with Crippen molar-refractivity contribution in [2.75, 3.05) is 0 Å². The summed E-state index contributed by atoms with van der Waals surface area (Å²) in [4.78, 5) is 24.2. The quantitative estimate of drug-likeness (QED) is 0.731. The Balaban J connectivity index is 3.03. The number of aliphatic hydroxyl groups excluding tert-OH is 1. The van der Waals surface area contributed by atoms with Crippen LogP contribution in [0.4, 0.5) is 0 Å². The lowest BCUT2D eigenvalue weighted by atomic mass is 9.85. The number of aliphatic hydroxyl groups is 1. The van der Waals surface area contributed by atoms with Crippen LogP contribution in [0.15, 0.2) is 36.5 Å². The minimum absolute atomic E-state index is 0.0464. The van der Waals surface area contributed by atoms with Crippen molar-refractivity contribution in [1.29, 1.82) is 0 Å². The zero-order valence-corrected chi connectivity index (χ0v) is 16.0. The van der Waals surface area contributed by atoms with E-state index >= 15 is 0 Å². The smallest absolute Gasteiger partial charge is 0.330 e. The van der Waals surface area contributed by atoms with Crippen molar-refractivity contribution in [3.63, 3.8) is 0 Å². The van der Waals surface area contributed by atoms with E-state index in [0.29, 0.717) is 12.8 Å². The lowest BCUT2D eigenvalue weighted by Crippen LogP contribution is -2.28. The average molecular weight is 348 g/mol. The van der Waals surface area contributed by atoms with Crippen molar-refractivity contribution in [2.24, 2.45) is 23.7 Å². The summed E-state index contributed by atoms with van der Waals surface area (Å²) < 4.78 is 5.51. The van der Waals surface area contributed by atoms with Crippen LogP contribution in [0, 0.1) is 23.7 Å². The number of carbonyl (C=O) groups excluding carboxylic acids is 2. The van der Waals surface area contributed by atoms with Crippen molar-refractivity contribution in [1.82, 2.24) is 0 Å². The summed E-state index contributed by atoms with van der Waals surface area (Å²) in [6, 6.07) is 0. The molecule has 0 radical (unpaired) electrons. The molecule has 0 aliphatic carbocycles. The molecule has 1 rings (SSSR count). The van der Waals surface area contributed by atoms with E-state index in [0.717, 1.165) is 0 Å². The van der Waals surface area contributed by atoms with Crippen molar-refractivity contribution in [3.05, 3.63) is 36.5 Å². The topological polar surface area (TPSA) is 63.6 Å². The number of ketones is 1. The van der Waals surface area contributed by atoms with Crippen molar-refractivity contribution in [3.8, 4) is 0 Å². The van der Waals surface area contributed by atoms with E-state index < -0.39 is 6.10 Å². The summed E-state index contributed by atoms with van der Waals surface area (Å²) in [7, 11) is 0. The Morgan fingerprint density at radius 2 is 1.72 bits per heavy atom. The van der Waals surface area contributed by atoms with Crippen molar-refractivity contribution >= 4 is 11.8 Å². The molecule has 0 bridgehead atoms. The number of carbonyl (C=O) groups is 2. The van der Waals surface area contributed by atoms with E-state index in [-0.39, 0.29) is 41.5 Å². The number of ether oxygens (including phenoxy) is 1. The van der Waals surface area contributed by atoms with Crippen LogP contribution in [-0.2, 0) is 14.3 Å². The number of esters is 1. The first kappa shape index (κ1) is 21.4. The van der Waals surface area contributed by atoms with Gasteiger partial charge in [0, 0.05) is 23.8 Å². The summed E-state index contributed by atoms with van der Waals surface area (Å²) in [5.41, 5.74) is 0. The fraction of sp³-hybridized carbons (Fsp3) is 0.619. The van der Waals surface area contributed by atoms with Gasteiger partial charge in [-0.05, 0) is 24.8 Å². The fourth-order valence-electron chi connectivity index (χ4n) is 3.10. The van der Waals surface area contributed by atoms with Gasteiger partial charge in [-0.25, -0.2) is 4.79 Å². The third-order valence-electron chi connectivity index (χ3n) is 4.91. The zero-order chi connectivity index (χ0) is 19.0. The molecule has 6 atom stereocenters. The van der Waals surface area contributed by atoms with Gasteiger partial charge in [-0.2, -0.15) is 0 Å². The van der Waals surface area contributed by atoms with Gasteiger partial charge in [-0.3, -0.25) is 4.79 Å². The van der Waals surface area contributed by atoms with E-state index in [9.17, 15) is 14.7 Å². The highest BCUT2D eigenvalue weighted by molar-refractivity contribution is 5.91. The molecular formula is C21H32O4. The normalized spacial score (nSPS) is 39.4. The molecule has 0 aromatic carbocycles. The molecule has 1 aliphatic heterocycles. The fourth-order valence-corrected chi connectivity index (χ4v) is 3.10. The Morgan fingerprint density at radius 3 is 2.36 bits per heavy atom. The molecule has 4 nitrogen and oxygen atoms in total. The molecule has 0 saturated heterocycles. The lowest BCUT2D eigenvalue weighted by Gasteiger charge is -2.25. The van der Waals surface area contributed by atoms with E-state index in [1.807, 2.05) is 46.8 Å². The van der Waals surface area contributed by atoms with Crippen molar-refractivity contribution < 1.29 is 19.4 Å². The maximum Gasteiger partial charge on any atom is 0.330 e. The Hall–Kier alpha value is -1.68. The van der Waals surface area contributed by atoms with Gasteiger partial charge >= 0.3 is 5.97 Å². The van der Waals surface area contributed by atoms with Crippen LogP contribution in [0.1, 0.15) is 47.5 Å². The summed E-state index contributed by atoms with van der Waals surface area (Å²) in [6.45, 7) is 9.63. The molecule has 0 spiro atoms. The molecule has 0 saturated carbocycles. The molecule has 0 amide bonds. The van der Waals surface area contributed by atoms with Gasteiger partial charge in [-0.1, -0.05) is 58.9 Å². The first-order valence-corrected chi connectivity index (χ1v) is 9.21. The molecule has 0 aromatic heterocycles. The minimum Gasteiger partial charge on any atom is -0.459 e. The Labute approximate surface area is 151 Å². The van der Waals surface area contributed by atoms with E-state index in [4.69, 9.17) is 4.74 Å².